The second-order valence-electron chi connectivity index (χ2n) is 6.22. The lowest BCUT2D eigenvalue weighted by Gasteiger charge is -2.33. The Hall–Kier alpha value is -1.22. The summed E-state index contributed by atoms with van der Waals surface area (Å²) in [7, 11) is 2.26. The van der Waals surface area contributed by atoms with E-state index in [0.717, 1.165) is 6.54 Å². The van der Waals surface area contributed by atoms with Crippen LogP contribution in [0.25, 0.3) is 0 Å². The Labute approximate surface area is 123 Å². The Kier molecular flexibility index (Phi) is 4.46. The maximum absolute atomic E-state index is 3.71. The van der Waals surface area contributed by atoms with Gasteiger partial charge in [-0.25, -0.2) is 0 Å². The molecular weight excluding hydrogens is 246 g/mol. The minimum absolute atomic E-state index is 0.690. The van der Waals surface area contributed by atoms with Crippen molar-refractivity contribution < 1.29 is 0 Å². The minimum Gasteiger partial charge on any atom is -0.382 e. The highest BCUT2D eigenvalue weighted by Gasteiger charge is 2.20. The highest BCUT2D eigenvalue weighted by molar-refractivity contribution is 5.70. The predicted octanol–water partition coefficient (Wildman–Crippen LogP) is 3.18. The molecule has 1 N–H and O–H groups in total. The van der Waals surface area contributed by atoms with E-state index in [1.54, 1.807) is 0 Å². The van der Waals surface area contributed by atoms with Crippen LogP contribution in [0.1, 0.15) is 32.1 Å². The summed E-state index contributed by atoms with van der Waals surface area (Å²) >= 11 is 0. The first-order valence-electron chi connectivity index (χ1n) is 8.13. The molecule has 3 nitrogen and oxygen atoms in total. The summed E-state index contributed by atoms with van der Waals surface area (Å²) in [5.41, 5.74) is 2.71. The fourth-order valence-electron chi connectivity index (χ4n) is 3.49. The lowest BCUT2D eigenvalue weighted by molar-refractivity contribution is 0.194. The Morgan fingerprint density at radius 2 is 1.80 bits per heavy atom. The lowest BCUT2D eigenvalue weighted by Crippen LogP contribution is -2.40. The van der Waals surface area contributed by atoms with Gasteiger partial charge in [-0.2, -0.15) is 0 Å². The summed E-state index contributed by atoms with van der Waals surface area (Å²) in [4.78, 5) is 5.03. The van der Waals surface area contributed by atoms with Crippen LogP contribution in [0.2, 0.25) is 0 Å². The van der Waals surface area contributed by atoms with Crippen LogP contribution in [0, 0.1) is 0 Å². The molecule has 2 aliphatic rings. The van der Waals surface area contributed by atoms with Crippen LogP contribution < -0.4 is 10.2 Å². The van der Waals surface area contributed by atoms with Crippen LogP contribution in [-0.4, -0.2) is 44.2 Å². The van der Waals surface area contributed by atoms with Crippen molar-refractivity contribution in [1.29, 1.82) is 0 Å². The van der Waals surface area contributed by atoms with Gasteiger partial charge in [0.1, 0.15) is 0 Å². The second-order valence-corrected chi connectivity index (χ2v) is 6.22. The number of nitrogens with zero attached hydrogens (tertiary/aromatic N) is 2. The Bertz CT molecular complexity index is 426. The molecule has 3 heteroatoms. The molecule has 110 valence electrons. The van der Waals surface area contributed by atoms with E-state index in [2.05, 4.69) is 46.4 Å². The van der Waals surface area contributed by atoms with Crippen molar-refractivity contribution in [2.75, 3.05) is 43.4 Å². The quantitative estimate of drug-likeness (QED) is 0.909. The standard InChI is InChI=1S/C17H27N3/c1-19-11-5-4-8-15(19)14-18-16-9-2-3-10-17(16)20-12-6-7-13-20/h2-3,9-10,15,18H,4-8,11-14H2,1H3. The van der Waals surface area contributed by atoms with Crippen molar-refractivity contribution in [2.45, 2.75) is 38.1 Å². The smallest absolute Gasteiger partial charge is 0.0602 e. The third-order valence-corrected chi connectivity index (χ3v) is 4.80. The molecule has 1 aromatic carbocycles. The molecule has 0 bridgehead atoms. The van der Waals surface area contributed by atoms with Gasteiger partial charge in [0.25, 0.3) is 0 Å². The van der Waals surface area contributed by atoms with Crippen LogP contribution in [-0.2, 0) is 0 Å². The maximum Gasteiger partial charge on any atom is 0.0602 e. The zero-order valence-corrected chi connectivity index (χ0v) is 12.6. The average molecular weight is 273 g/mol. The molecule has 1 unspecified atom stereocenters. The molecule has 0 saturated carbocycles. The van der Waals surface area contributed by atoms with Gasteiger partial charge < -0.3 is 15.1 Å². The van der Waals surface area contributed by atoms with Gasteiger partial charge in [0, 0.05) is 25.7 Å². The number of nitrogens with one attached hydrogen (secondary N) is 1. The first-order valence-corrected chi connectivity index (χ1v) is 8.13. The van der Waals surface area contributed by atoms with Crippen LogP contribution in [0.3, 0.4) is 0 Å². The number of anilines is 2. The molecule has 3 rings (SSSR count). The van der Waals surface area contributed by atoms with E-state index in [1.807, 2.05) is 0 Å². The third kappa shape index (κ3) is 3.09. The fraction of sp³-hybridized carbons (Fsp3) is 0.647. The van der Waals surface area contributed by atoms with E-state index in [9.17, 15) is 0 Å². The molecule has 1 aromatic rings. The molecule has 2 heterocycles. The molecular formula is C17H27N3. The summed E-state index contributed by atoms with van der Waals surface area (Å²) in [5, 5.41) is 3.71. The van der Waals surface area contributed by atoms with Gasteiger partial charge in [-0.05, 0) is 51.4 Å². The second kappa shape index (κ2) is 6.49. The summed E-state index contributed by atoms with van der Waals surface area (Å²) in [5.74, 6) is 0. The number of benzene rings is 1. The van der Waals surface area contributed by atoms with Crippen molar-refractivity contribution >= 4 is 11.4 Å². The molecule has 20 heavy (non-hydrogen) atoms. The number of likely N-dealkylation sites (N-methyl/N-ethyl adjacent to an activating group) is 1. The molecule has 2 saturated heterocycles. The molecule has 2 aliphatic heterocycles. The van der Waals surface area contributed by atoms with E-state index in [-0.39, 0.29) is 0 Å². The van der Waals surface area contributed by atoms with Crippen LogP contribution in [0.5, 0.6) is 0 Å². The highest BCUT2D eigenvalue weighted by atomic mass is 15.2. The topological polar surface area (TPSA) is 18.5 Å². The monoisotopic (exact) mass is 273 g/mol. The van der Waals surface area contributed by atoms with Gasteiger partial charge in [0.2, 0.25) is 0 Å². The Balaban J connectivity index is 1.64. The largest absolute Gasteiger partial charge is 0.382 e. The normalized spacial score (nSPS) is 24.1. The van der Waals surface area contributed by atoms with Gasteiger partial charge in [-0.15, -0.1) is 0 Å². The molecule has 1 atom stereocenters. The van der Waals surface area contributed by atoms with Gasteiger partial charge in [-0.3, -0.25) is 0 Å². The van der Waals surface area contributed by atoms with E-state index in [4.69, 9.17) is 0 Å². The zero-order chi connectivity index (χ0) is 13.8. The van der Waals surface area contributed by atoms with Crippen LogP contribution in [0.4, 0.5) is 11.4 Å². The van der Waals surface area contributed by atoms with Crippen LogP contribution >= 0.6 is 0 Å². The van der Waals surface area contributed by atoms with Crippen molar-refractivity contribution in [3.05, 3.63) is 24.3 Å². The number of para-hydroxylation sites is 2. The maximum atomic E-state index is 3.71. The molecule has 0 aromatic heterocycles. The van der Waals surface area contributed by atoms with Gasteiger partial charge in [-0.1, -0.05) is 18.6 Å². The lowest BCUT2D eigenvalue weighted by atomic mass is 10.0. The summed E-state index contributed by atoms with van der Waals surface area (Å²) in [6.07, 6.45) is 6.73. The molecule has 0 spiro atoms. The predicted molar refractivity (Wildman–Crippen MR) is 86.6 cm³/mol. The van der Waals surface area contributed by atoms with Crippen LogP contribution in [0.15, 0.2) is 24.3 Å². The van der Waals surface area contributed by atoms with Crippen molar-refractivity contribution in [2.24, 2.45) is 0 Å². The SMILES string of the molecule is CN1CCCCC1CNc1ccccc1N1CCCC1. The number of hydrogen-bond donors (Lipinski definition) is 1. The highest BCUT2D eigenvalue weighted by Crippen LogP contribution is 2.29. The van der Waals surface area contributed by atoms with E-state index < -0.39 is 0 Å². The molecule has 0 radical (unpaired) electrons. The van der Waals surface area contributed by atoms with Gasteiger partial charge in [0.15, 0.2) is 0 Å². The minimum atomic E-state index is 0.690. The molecule has 0 amide bonds. The Morgan fingerprint density at radius 3 is 2.60 bits per heavy atom. The van der Waals surface area contributed by atoms with Crippen molar-refractivity contribution in [3.8, 4) is 0 Å². The van der Waals surface area contributed by atoms with E-state index >= 15 is 0 Å². The summed E-state index contributed by atoms with van der Waals surface area (Å²) < 4.78 is 0. The Morgan fingerprint density at radius 1 is 1.05 bits per heavy atom. The number of likely N-dealkylation sites (tertiary alicyclic amines) is 1. The molecule has 0 aliphatic carbocycles. The van der Waals surface area contributed by atoms with E-state index in [0.29, 0.717) is 6.04 Å². The first-order chi connectivity index (χ1) is 9.84. The van der Waals surface area contributed by atoms with Gasteiger partial charge in [0.05, 0.1) is 11.4 Å². The third-order valence-electron chi connectivity index (χ3n) is 4.80. The summed E-state index contributed by atoms with van der Waals surface area (Å²) in [6, 6.07) is 9.49. The van der Waals surface area contributed by atoms with Gasteiger partial charge >= 0.3 is 0 Å². The zero-order valence-electron chi connectivity index (χ0n) is 12.6. The molecule has 2 fully saturated rings. The summed E-state index contributed by atoms with van der Waals surface area (Å²) in [6.45, 7) is 4.74. The van der Waals surface area contributed by atoms with Crippen molar-refractivity contribution in [1.82, 2.24) is 4.90 Å². The van der Waals surface area contributed by atoms with E-state index in [1.165, 1.54) is 63.1 Å². The average Bonchev–Trinajstić information content (AvgIpc) is 3.01. The number of hydrogen-bond acceptors (Lipinski definition) is 3. The van der Waals surface area contributed by atoms with Crippen molar-refractivity contribution in [3.63, 3.8) is 0 Å². The number of piperidine rings is 1. The first kappa shape index (κ1) is 13.7. The number of rotatable bonds is 4. The fourth-order valence-corrected chi connectivity index (χ4v) is 3.49.